The maximum Gasteiger partial charge on any atom is 0.242 e. The first-order chi connectivity index (χ1) is 8.12. The smallest absolute Gasteiger partial charge is 0.242 e. The molecule has 6 nitrogen and oxygen atoms in total. The molecule has 0 radical (unpaired) electrons. The van der Waals surface area contributed by atoms with Crippen molar-refractivity contribution in [1.82, 2.24) is 9.71 Å². The van der Waals surface area contributed by atoms with Crippen molar-refractivity contribution in [2.75, 3.05) is 13.2 Å². The van der Waals surface area contributed by atoms with Crippen LogP contribution in [0.2, 0.25) is 0 Å². The predicted molar refractivity (Wildman–Crippen MR) is 60.9 cm³/mol. The van der Waals surface area contributed by atoms with Crippen molar-refractivity contribution in [2.45, 2.75) is 30.4 Å². The van der Waals surface area contributed by atoms with Crippen molar-refractivity contribution >= 4 is 10.0 Å². The molecule has 1 aliphatic heterocycles. The second kappa shape index (κ2) is 5.18. The first-order valence-electron chi connectivity index (χ1n) is 5.50. The summed E-state index contributed by atoms with van der Waals surface area (Å²) in [4.78, 5) is 2.87. The summed E-state index contributed by atoms with van der Waals surface area (Å²) in [5, 5.41) is 8.88. The van der Waals surface area contributed by atoms with Gasteiger partial charge >= 0.3 is 0 Å². The van der Waals surface area contributed by atoms with Gasteiger partial charge in [-0.1, -0.05) is 0 Å². The topological polar surface area (TPSA) is 91.4 Å². The van der Waals surface area contributed by atoms with E-state index in [0.717, 1.165) is 0 Å². The summed E-state index contributed by atoms with van der Waals surface area (Å²) in [6, 6.07) is 1.36. The average molecular weight is 260 g/mol. The zero-order valence-electron chi connectivity index (χ0n) is 9.35. The van der Waals surface area contributed by atoms with Crippen LogP contribution in [0.1, 0.15) is 18.5 Å². The van der Waals surface area contributed by atoms with Gasteiger partial charge in [0, 0.05) is 31.1 Å². The molecule has 0 unspecified atom stereocenters. The molecule has 0 aromatic carbocycles. The van der Waals surface area contributed by atoms with Gasteiger partial charge in [0.05, 0.1) is 11.5 Å². The SMILES string of the molecule is O=S(=O)(NC1CCOCC1)c1c[nH]c(CO)c1. The molecule has 1 saturated heterocycles. The van der Waals surface area contributed by atoms with Crippen molar-refractivity contribution in [3.63, 3.8) is 0 Å². The monoisotopic (exact) mass is 260 g/mol. The molecule has 17 heavy (non-hydrogen) atoms. The molecule has 2 rings (SSSR count). The number of rotatable bonds is 4. The van der Waals surface area contributed by atoms with Crippen molar-refractivity contribution in [3.05, 3.63) is 18.0 Å². The van der Waals surface area contributed by atoms with Crippen LogP contribution in [0, 0.1) is 0 Å². The molecular weight excluding hydrogens is 244 g/mol. The Kier molecular flexibility index (Phi) is 3.82. The highest BCUT2D eigenvalue weighted by Gasteiger charge is 2.22. The molecule has 2 heterocycles. The van der Waals surface area contributed by atoms with Crippen LogP contribution in [0.4, 0.5) is 0 Å². The number of sulfonamides is 1. The largest absolute Gasteiger partial charge is 0.390 e. The summed E-state index contributed by atoms with van der Waals surface area (Å²) in [7, 11) is -3.50. The van der Waals surface area contributed by atoms with E-state index in [0.29, 0.717) is 31.7 Å². The molecule has 0 spiro atoms. The molecule has 1 fully saturated rings. The number of aromatic nitrogens is 1. The standard InChI is InChI=1S/C10H16N2O4S/c13-7-9-5-10(6-11-9)17(14,15)12-8-1-3-16-4-2-8/h5-6,8,11-13H,1-4,7H2. The van der Waals surface area contributed by atoms with Crippen molar-refractivity contribution in [3.8, 4) is 0 Å². The van der Waals surface area contributed by atoms with Crippen molar-refractivity contribution in [2.24, 2.45) is 0 Å². The Morgan fingerprint density at radius 3 is 2.76 bits per heavy atom. The molecule has 3 N–H and O–H groups in total. The van der Waals surface area contributed by atoms with E-state index in [2.05, 4.69) is 9.71 Å². The maximum atomic E-state index is 12.0. The molecule has 1 aliphatic rings. The maximum absolute atomic E-state index is 12.0. The fraction of sp³-hybridized carbons (Fsp3) is 0.600. The van der Waals surface area contributed by atoms with Gasteiger partial charge in [-0.2, -0.15) is 0 Å². The number of hydrogen-bond acceptors (Lipinski definition) is 4. The quantitative estimate of drug-likeness (QED) is 0.708. The lowest BCUT2D eigenvalue weighted by atomic mass is 10.1. The Balaban J connectivity index is 2.07. The predicted octanol–water partition coefficient (Wildman–Crippen LogP) is -0.0357. The number of ether oxygens (including phenoxy) is 1. The van der Waals surface area contributed by atoms with Crippen molar-refractivity contribution in [1.29, 1.82) is 0 Å². The zero-order chi connectivity index (χ0) is 12.3. The molecule has 0 amide bonds. The van der Waals surface area contributed by atoms with Gasteiger partial charge in [0.15, 0.2) is 0 Å². The molecule has 0 aliphatic carbocycles. The van der Waals surface area contributed by atoms with Crippen LogP contribution in [-0.4, -0.2) is 37.8 Å². The average Bonchev–Trinajstić information content (AvgIpc) is 2.79. The van der Waals surface area contributed by atoms with E-state index < -0.39 is 10.0 Å². The van der Waals surface area contributed by atoms with Crippen LogP contribution in [0.15, 0.2) is 17.2 Å². The Morgan fingerprint density at radius 1 is 1.47 bits per heavy atom. The van der Waals surface area contributed by atoms with E-state index in [-0.39, 0.29) is 17.5 Å². The van der Waals surface area contributed by atoms with Crippen LogP contribution in [0.3, 0.4) is 0 Å². The second-order valence-corrected chi connectivity index (χ2v) is 5.74. The molecular formula is C10H16N2O4S. The Labute approximate surface area is 100 Å². The summed E-state index contributed by atoms with van der Waals surface area (Å²) >= 11 is 0. The van der Waals surface area contributed by atoms with Crippen LogP contribution in [0.5, 0.6) is 0 Å². The molecule has 0 atom stereocenters. The minimum atomic E-state index is -3.50. The van der Waals surface area contributed by atoms with Crippen molar-refractivity contribution < 1.29 is 18.3 Å². The Bertz CT molecular complexity index is 462. The van der Waals surface area contributed by atoms with E-state index in [4.69, 9.17) is 9.84 Å². The van der Waals surface area contributed by atoms with Gasteiger partial charge in [-0.3, -0.25) is 0 Å². The molecule has 0 saturated carbocycles. The number of aliphatic hydroxyl groups excluding tert-OH is 1. The summed E-state index contributed by atoms with van der Waals surface area (Å²) in [5.74, 6) is 0. The summed E-state index contributed by atoms with van der Waals surface area (Å²) in [6.45, 7) is 0.969. The molecule has 7 heteroatoms. The second-order valence-electron chi connectivity index (χ2n) is 4.03. The Hall–Kier alpha value is -0.890. The lowest BCUT2D eigenvalue weighted by Gasteiger charge is -2.22. The highest BCUT2D eigenvalue weighted by atomic mass is 32.2. The number of nitrogens with one attached hydrogen (secondary N) is 2. The molecule has 0 bridgehead atoms. The lowest BCUT2D eigenvalue weighted by Crippen LogP contribution is -2.38. The summed E-state index contributed by atoms with van der Waals surface area (Å²) in [5.41, 5.74) is 0.484. The third kappa shape index (κ3) is 3.06. The first-order valence-corrected chi connectivity index (χ1v) is 6.98. The lowest BCUT2D eigenvalue weighted by molar-refractivity contribution is 0.0832. The molecule has 1 aromatic heterocycles. The zero-order valence-corrected chi connectivity index (χ0v) is 10.2. The van der Waals surface area contributed by atoms with Gasteiger partial charge in [0.25, 0.3) is 0 Å². The Morgan fingerprint density at radius 2 is 2.18 bits per heavy atom. The van der Waals surface area contributed by atoms with E-state index in [9.17, 15) is 8.42 Å². The van der Waals surface area contributed by atoms with Gasteiger partial charge in [-0.05, 0) is 18.9 Å². The minimum Gasteiger partial charge on any atom is -0.390 e. The van der Waals surface area contributed by atoms with Gasteiger partial charge < -0.3 is 14.8 Å². The van der Waals surface area contributed by atoms with Gasteiger partial charge in [0.2, 0.25) is 10.0 Å². The molecule has 1 aromatic rings. The molecule has 96 valence electrons. The normalized spacial score (nSPS) is 18.4. The van der Waals surface area contributed by atoms with Gasteiger partial charge in [-0.25, -0.2) is 13.1 Å². The fourth-order valence-corrected chi connectivity index (χ4v) is 3.09. The first kappa shape index (κ1) is 12.6. The van der Waals surface area contributed by atoms with Crippen LogP contribution < -0.4 is 4.72 Å². The van der Waals surface area contributed by atoms with E-state index >= 15 is 0 Å². The number of H-pyrrole nitrogens is 1. The van der Waals surface area contributed by atoms with Gasteiger partial charge in [0.1, 0.15) is 0 Å². The third-order valence-corrected chi connectivity index (χ3v) is 4.24. The number of aromatic amines is 1. The fourth-order valence-electron chi connectivity index (χ4n) is 1.77. The summed E-state index contributed by atoms with van der Waals surface area (Å²) < 4.78 is 31.8. The van der Waals surface area contributed by atoms with Crippen LogP contribution >= 0.6 is 0 Å². The third-order valence-electron chi connectivity index (χ3n) is 2.74. The number of hydrogen-bond donors (Lipinski definition) is 3. The van der Waals surface area contributed by atoms with Crippen LogP contribution in [-0.2, 0) is 21.4 Å². The minimum absolute atomic E-state index is 0.0683. The highest BCUT2D eigenvalue weighted by Crippen LogP contribution is 2.14. The van der Waals surface area contributed by atoms with Gasteiger partial charge in [-0.15, -0.1) is 0 Å². The van der Waals surface area contributed by atoms with E-state index in [1.807, 2.05) is 0 Å². The highest BCUT2D eigenvalue weighted by molar-refractivity contribution is 7.89. The summed E-state index contributed by atoms with van der Waals surface area (Å²) in [6.07, 6.45) is 2.76. The van der Waals surface area contributed by atoms with E-state index in [1.165, 1.54) is 12.3 Å². The van der Waals surface area contributed by atoms with Crippen LogP contribution in [0.25, 0.3) is 0 Å². The van der Waals surface area contributed by atoms with E-state index in [1.54, 1.807) is 0 Å². The number of aliphatic hydroxyl groups is 1.